The molecule has 1 aliphatic carbocycles. The molecule has 0 spiro atoms. The van der Waals surface area contributed by atoms with Crippen LogP contribution in [0.3, 0.4) is 0 Å². The summed E-state index contributed by atoms with van der Waals surface area (Å²) in [6.07, 6.45) is 3.54. The van der Waals surface area contributed by atoms with Gasteiger partial charge in [-0.05, 0) is 43.9 Å². The molecule has 1 aromatic carbocycles. The van der Waals surface area contributed by atoms with Crippen LogP contribution in [0.2, 0.25) is 0 Å². The van der Waals surface area contributed by atoms with Crippen molar-refractivity contribution >= 4 is 41.6 Å². The molecule has 0 aromatic heterocycles. The van der Waals surface area contributed by atoms with E-state index in [1.807, 2.05) is 6.92 Å². The summed E-state index contributed by atoms with van der Waals surface area (Å²) in [6.45, 7) is 3.25. The topological polar surface area (TPSA) is 54.5 Å². The summed E-state index contributed by atoms with van der Waals surface area (Å²) in [4.78, 5) is 14.2. The molecular weight excluding hydrogens is 378 g/mol. The van der Waals surface area contributed by atoms with Gasteiger partial charge in [-0.25, -0.2) is 8.42 Å². The molecule has 7 heteroatoms. The van der Waals surface area contributed by atoms with Gasteiger partial charge in [-0.1, -0.05) is 22.4 Å². The monoisotopic (exact) mass is 393 g/mol. The second-order valence-corrected chi connectivity index (χ2v) is 8.74. The molecule has 1 aromatic rings. The average Bonchev–Trinajstić information content (AvgIpc) is 2.35. The smallest absolute Gasteiger partial charge is 0.261 e. The van der Waals surface area contributed by atoms with Crippen LogP contribution in [-0.4, -0.2) is 32.3 Å². The van der Waals surface area contributed by atoms with Crippen LogP contribution in [0.25, 0.3) is 0 Å². The summed E-state index contributed by atoms with van der Waals surface area (Å²) >= 11 is 3.23. The van der Waals surface area contributed by atoms with Crippen LogP contribution >= 0.6 is 26.6 Å². The van der Waals surface area contributed by atoms with Gasteiger partial charge in [-0.15, -0.1) is 0 Å². The van der Waals surface area contributed by atoms with Gasteiger partial charge in [0, 0.05) is 33.8 Å². The van der Waals surface area contributed by atoms with Gasteiger partial charge < -0.3 is 4.90 Å². The van der Waals surface area contributed by atoms with E-state index >= 15 is 0 Å². The Kier molecular flexibility index (Phi) is 5.33. The van der Waals surface area contributed by atoms with Gasteiger partial charge in [0.25, 0.3) is 15.0 Å². The maximum absolute atomic E-state index is 12.5. The van der Waals surface area contributed by atoms with Gasteiger partial charge in [0.1, 0.15) is 0 Å². The molecule has 1 aliphatic rings. The highest BCUT2D eigenvalue weighted by atomic mass is 79.9. The predicted octanol–water partition coefficient (Wildman–Crippen LogP) is 3.64. The van der Waals surface area contributed by atoms with Crippen LogP contribution in [0.15, 0.2) is 27.6 Å². The Morgan fingerprint density at radius 1 is 1.38 bits per heavy atom. The predicted molar refractivity (Wildman–Crippen MR) is 86.1 cm³/mol. The fourth-order valence-corrected chi connectivity index (χ4v) is 3.80. The fourth-order valence-electron chi connectivity index (χ4n) is 2.35. The molecule has 1 fully saturated rings. The first-order valence-corrected chi connectivity index (χ1v) is 9.96. The van der Waals surface area contributed by atoms with E-state index < -0.39 is 9.05 Å². The van der Waals surface area contributed by atoms with E-state index in [4.69, 9.17) is 10.7 Å². The van der Waals surface area contributed by atoms with Crippen molar-refractivity contribution in [3.8, 4) is 0 Å². The van der Waals surface area contributed by atoms with Gasteiger partial charge in [-0.2, -0.15) is 0 Å². The van der Waals surface area contributed by atoms with Crippen molar-refractivity contribution in [1.29, 1.82) is 0 Å². The van der Waals surface area contributed by atoms with Crippen molar-refractivity contribution in [3.63, 3.8) is 0 Å². The third kappa shape index (κ3) is 4.20. The lowest BCUT2D eigenvalue weighted by atomic mass is 9.85. The molecule has 4 nitrogen and oxygen atoms in total. The molecule has 0 saturated heterocycles. The highest BCUT2D eigenvalue weighted by Gasteiger charge is 2.24. The molecule has 0 bridgehead atoms. The van der Waals surface area contributed by atoms with Crippen LogP contribution in [0.1, 0.15) is 36.5 Å². The highest BCUT2D eigenvalue weighted by Crippen LogP contribution is 2.28. The summed E-state index contributed by atoms with van der Waals surface area (Å²) in [5.74, 6) is 0.407. The van der Waals surface area contributed by atoms with Crippen molar-refractivity contribution in [1.82, 2.24) is 4.90 Å². The number of rotatable bonds is 5. The standard InChI is InChI=1S/C14H17BrClNO3S/c1-2-17(9-10-4-3-5-10)14(18)11-6-12(15)8-13(7-11)21(16,19)20/h6-8,10H,2-5,9H2,1H3. The normalized spacial score (nSPS) is 15.6. The van der Waals surface area contributed by atoms with E-state index in [1.165, 1.54) is 18.6 Å². The summed E-state index contributed by atoms with van der Waals surface area (Å²) in [5.41, 5.74) is 0.338. The van der Waals surface area contributed by atoms with Gasteiger partial charge in [0.15, 0.2) is 0 Å². The van der Waals surface area contributed by atoms with E-state index in [0.717, 1.165) is 19.4 Å². The second-order valence-electron chi connectivity index (χ2n) is 5.25. The number of benzene rings is 1. The number of amides is 1. The maximum Gasteiger partial charge on any atom is 0.261 e. The number of hydrogen-bond acceptors (Lipinski definition) is 3. The van der Waals surface area contributed by atoms with Crippen LogP contribution in [0, 0.1) is 5.92 Å². The summed E-state index contributed by atoms with van der Waals surface area (Å²) in [5, 5.41) is 0. The largest absolute Gasteiger partial charge is 0.339 e. The Bertz CT molecular complexity index is 644. The lowest BCUT2D eigenvalue weighted by Gasteiger charge is -2.32. The van der Waals surface area contributed by atoms with Crippen molar-refractivity contribution in [2.45, 2.75) is 31.1 Å². The Balaban J connectivity index is 2.26. The van der Waals surface area contributed by atoms with Crippen molar-refractivity contribution in [2.24, 2.45) is 5.92 Å². The molecular formula is C14H17BrClNO3S. The average molecular weight is 395 g/mol. The zero-order valence-corrected chi connectivity index (χ0v) is 14.8. The zero-order valence-electron chi connectivity index (χ0n) is 11.7. The van der Waals surface area contributed by atoms with E-state index in [-0.39, 0.29) is 10.8 Å². The molecule has 1 amide bonds. The number of halogens is 2. The molecule has 0 unspecified atom stereocenters. The van der Waals surface area contributed by atoms with Crippen LogP contribution in [-0.2, 0) is 9.05 Å². The number of carbonyl (C=O) groups excluding carboxylic acids is 1. The number of hydrogen-bond donors (Lipinski definition) is 0. The molecule has 0 heterocycles. The molecule has 0 aliphatic heterocycles. The first kappa shape index (κ1) is 16.8. The Morgan fingerprint density at radius 3 is 2.52 bits per heavy atom. The highest BCUT2D eigenvalue weighted by molar-refractivity contribution is 9.10. The van der Waals surface area contributed by atoms with Gasteiger partial charge >= 0.3 is 0 Å². The molecule has 0 N–H and O–H groups in total. The van der Waals surface area contributed by atoms with Crippen molar-refractivity contribution in [3.05, 3.63) is 28.2 Å². The minimum atomic E-state index is -3.86. The molecule has 0 radical (unpaired) electrons. The quantitative estimate of drug-likeness (QED) is 0.716. The Labute approximate surface area is 138 Å². The molecule has 0 atom stereocenters. The lowest BCUT2D eigenvalue weighted by molar-refractivity contribution is 0.0706. The van der Waals surface area contributed by atoms with Crippen molar-refractivity contribution < 1.29 is 13.2 Å². The summed E-state index contributed by atoms with van der Waals surface area (Å²) in [6, 6.07) is 4.34. The minimum Gasteiger partial charge on any atom is -0.339 e. The lowest BCUT2D eigenvalue weighted by Crippen LogP contribution is -2.37. The zero-order chi connectivity index (χ0) is 15.6. The molecule has 116 valence electrons. The summed E-state index contributed by atoms with van der Waals surface area (Å²) < 4.78 is 23.4. The van der Waals surface area contributed by atoms with Gasteiger partial charge in [0.05, 0.1) is 4.90 Å². The SMILES string of the molecule is CCN(CC1CCC1)C(=O)c1cc(Br)cc(S(=O)(=O)Cl)c1. The number of carbonyl (C=O) groups is 1. The fraction of sp³-hybridized carbons (Fsp3) is 0.500. The van der Waals surface area contributed by atoms with Crippen LogP contribution in [0.4, 0.5) is 0 Å². The van der Waals surface area contributed by atoms with Crippen molar-refractivity contribution in [2.75, 3.05) is 13.1 Å². The molecule has 2 rings (SSSR count). The first-order chi connectivity index (χ1) is 9.81. The Hall–Kier alpha value is -0.590. The Morgan fingerprint density at radius 2 is 2.05 bits per heavy atom. The van der Waals surface area contributed by atoms with Crippen LogP contribution < -0.4 is 0 Å². The van der Waals surface area contributed by atoms with E-state index in [9.17, 15) is 13.2 Å². The third-order valence-corrected chi connectivity index (χ3v) is 5.56. The number of nitrogens with zero attached hydrogens (tertiary/aromatic N) is 1. The van der Waals surface area contributed by atoms with Crippen LogP contribution in [0.5, 0.6) is 0 Å². The van der Waals surface area contributed by atoms with E-state index in [0.29, 0.717) is 22.5 Å². The van der Waals surface area contributed by atoms with E-state index in [2.05, 4.69) is 15.9 Å². The summed E-state index contributed by atoms with van der Waals surface area (Å²) in [7, 11) is 1.50. The van der Waals surface area contributed by atoms with Gasteiger partial charge in [-0.3, -0.25) is 4.79 Å². The maximum atomic E-state index is 12.5. The van der Waals surface area contributed by atoms with Gasteiger partial charge in [0.2, 0.25) is 0 Å². The first-order valence-electron chi connectivity index (χ1n) is 6.85. The third-order valence-electron chi connectivity index (χ3n) is 3.77. The molecule has 1 saturated carbocycles. The van der Waals surface area contributed by atoms with E-state index in [1.54, 1.807) is 11.0 Å². The molecule has 21 heavy (non-hydrogen) atoms. The second kappa shape index (κ2) is 6.67. The minimum absolute atomic E-state index is 0.0680.